The highest BCUT2D eigenvalue weighted by molar-refractivity contribution is 5.76. The third-order valence-electron chi connectivity index (χ3n) is 2.57. The smallest absolute Gasteiger partial charge is 0.220 e. The van der Waals surface area contributed by atoms with Gasteiger partial charge in [-0.1, -0.05) is 26.0 Å². The Bertz CT molecular complexity index is 360. The third kappa shape index (κ3) is 4.39. The molecule has 1 atom stereocenters. The van der Waals surface area contributed by atoms with Crippen molar-refractivity contribution in [2.24, 2.45) is 5.92 Å². The minimum Gasteiger partial charge on any atom is -0.347 e. The molecule has 1 unspecified atom stereocenters. The Balaban J connectivity index is 2.68. The second kappa shape index (κ2) is 6.84. The lowest BCUT2D eigenvalue weighted by Crippen LogP contribution is -2.32. The zero-order valence-corrected chi connectivity index (χ0v) is 10.5. The van der Waals surface area contributed by atoms with Gasteiger partial charge in [0.15, 0.2) is 0 Å². The Morgan fingerprint density at radius 1 is 1.53 bits per heavy atom. The zero-order valence-electron chi connectivity index (χ0n) is 10.5. The fourth-order valence-electron chi connectivity index (χ4n) is 1.62. The summed E-state index contributed by atoms with van der Waals surface area (Å²) in [6.07, 6.45) is 4.70. The summed E-state index contributed by atoms with van der Waals surface area (Å²) in [6.45, 7) is 7.77. The number of pyridine rings is 1. The van der Waals surface area contributed by atoms with Crippen molar-refractivity contribution in [2.75, 3.05) is 0 Å². The summed E-state index contributed by atoms with van der Waals surface area (Å²) in [5.74, 6) is 0.367. The Morgan fingerprint density at radius 3 is 2.82 bits per heavy atom. The van der Waals surface area contributed by atoms with E-state index in [0.29, 0.717) is 18.8 Å². The van der Waals surface area contributed by atoms with E-state index in [1.54, 1.807) is 12.3 Å². The van der Waals surface area contributed by atoms with Crippen LogP contribution in [0, 0.1) is 5.92 Å². The standard InChI is InChI=1S/C14H20N2O/c1-4-5-9-13(17)16-14(11(2)3)12-8-6-7-10-15-12/h4,6-8,10-11,14H,1,5,9H2,2-3H3,(H,16,17). The zero-order chi connectivity index (χ0) is 12.7. The molecule has 0 bridgehead atoms. The molecule has 17 heavy (non-hydrogen) atoms. The molecule has 1 aromatic rings. The molecule has 0 fully saturated rings. The fourth-order valence-corrected chi connectivity index (χ4v) is 1.62. The number of nitrogens with one attached hydrogen (secondary N) is 1. The molecule has 0 saturated heterocycles. The Hall–Kier alpha value is -1.64. The molecule has 0 aromatic carbocycles. The van der Waals surface area contributed by atoms with E-state index in [4.69, 9.17) is 0 Å². The van der Waals surface area contributed by atoms with Crippen molar-refractivity contribution < 1.29 is 4.79 Å². The molecule has 1 N–H and O–H groups in total. The molecule has 0 aliphatic heterocycles. The van der Waals surface area contributed by atoms with Crippen LogP contribution in [0.25, 0.3) is 0 Å². The first kappa shape index (κ1) is 13.4. The van der Waals surface area contributed by atoms with Gasteiger partial charge in [0.2, 0.25) is 5.91 Å². The van der Waals surface area contributed by atoms with Crippen LogP contribution in [0.5, 0.6) is 0 Å². The van der Waals surface area contributed by atoms with E-state index in [1.165, 1.54) is 0 Å². The Morgan fingerprint density at radius 2 is 2.29 bits per heavy atom. The number of rotatable bonds is 6. The summed E-state index contributed by atoms with van der Waals surface area (Å²) in [7, 11) is 0. The highest BCUT2D eigenvalue weighted by atomic mass is 16.1. The van der Waals surface area contributed by atoms with E-state index >= 15 is 0 Å². The summed E-state index contributed by atoms with van der Waals surface area (Å²) in [4.78, 5) is 16.0. The number of hydrogen-bond donors (Lipinski definition) is 1. The van der Waals surface area contributed by atoms with Gasteiger partial charge in [0.05, 0.1) is 11.7 Å². The van der Waals surface area contributed by atoms with Gasteiger partial charge >= 0.3 is 0 Å². The van der Waals surface area contributed by atoms with Crippen LogP contribution < -0.4 is 5.32 Å². The fraction of sp³-hybridized carbons (Fsp3) is 0.429. The van der Waals surface area contributed by atoms with Gasteiger partial charge in [-0.25, -0.2) is 0 Å². The van der Waals surface area contributed by atoms with E-state index < -0.39 is 0 Å². The highest BCUT2D eigenvalue weighted by Gasteiger charge is 2.18. The second-order valence-electron chi connectivity index (χ2n) is 4.37. The Kier molecular flexibility index (Phi) is 5.40. The second-order valence-corrected chi connectivity index (χ2v) is 4.37. The van der Waals surface area contributed by atoms with Gasteiger partial charge in [-0.15, -0.1) is 6.58 Å². The summed E-state index contributed by atoms with van der Waals surface area (Å²) in [5, 5.41) is 3.02. The van der Waals surface area contributed by atoms with E-state index in [1.807, 2.05) is 18.2 Å². The molecule has 0 saturated carbocycles. The number of hydrogen-bond acceptors (Lipinski definition) is 2. The lowest BCUT2D eigenvalue weighted by Gasteiger charge is -2.21. The number of carbonyl (C=O) groups excluding carboxylic acids is 1. The molecule has 0 aliphatic carbocycles. The van der Waals surface area contributed by atoms with Crippen molar-refractivity contribution >= 4 is 5.91 Å². The molecule has 3 heteroatoms. The van der Waals surface area contributed by atoms with Crippen LogP contribution in [0.2, 0.25) is 0 Å². The predicted molar refractivity (Wildman–Crippen MR) is 69.4 cm³/mol. The van der Waals surface area contributed by atoms with Gasteiger partial charge in [0, 0.05) is 12.6 Å². The summed E-state index contributed by atoms with van der Waals surface area (Å²) >= 11 is 0. The first-order valence-corrected chi connectivity index (χ1v) is 5.96. The first-order chi connectivity index (χ1) is 8.15. The van der Waals surface area contributed by atoms with Gasteiger partial charge < -0.3 is 5.32 Å². The van der Waals surface area contributed by atoms with Crippen LogP contribution in [0.3, 0.4) is 0 Å². The van der Waals surface area contributed by atoms with Gasteiger partial charge in [-0.2, -0.15) is 0 Å². The molecular weight excluding hydrogens is 212 g/mol. The summed E-state index contributed by atoms with van der Waals surface area (Å²) < 4.78 is 0. The van der Waals surface area contributed by atoms with Crippen LogP contribution in [-0.4, -0.2) is 10.9 Å². The van der Waals surface area contributed by atoms with E-state index in [-0.39, 0.29) is 11.9 Å². The largest absolute Gasteiger partial charge is 0.347 e. The molecule has 1 amide bonds. The molecule has 1 rings (SSSR count). The average molecular weight is 232 g/mol. The molecule has 1 heterocycles. The van der Waals surface area contributed by atoms with Crippen molar-refractivity contribution in [1.29, 1.82) is 0 Å². The van der Waals surface area contributed by atoms with Crippen LogP contribution >= 0.6 is 0 Å². The molecular formula is C14H20N2O. The van der Waals surface area contributed by atoms with Crippen molar-refractivity contribution in [3.63, 3.8) is 0 Å². The number of aromatic nitrogens is 1. The molecule has 1 aromatic heterocycles. The SMILES string of the molecule is C=CCCC(=O)NC(c1ccccn1)C(C)C. The van der Waals surface area contributed by atoms with E-state index in [0.717, 1.165) is 5.69 Å². The van der Waals surface area contributed by atoms with Crippen LogP contribution in [0.4, 0.5) is 0 Å². The minimum atomic E-state index is -0.0199. The quantitative estimate of drug-likeness (QED) is 0.766. The summed E-state index contributed by atoms with van der Waals surface area (Å²) in [5.41, 5.74) is 0.912. The van der Waals surface area contributed by atoms with E-state index in [2.05, 4.69) is 30.7 Å². The lowest BCUT2D eigenvalue weighted by molar-refractivity contribution is -0.122. The highest BCUT2D eigenvalue weighted by Crippen LogP contribution is 2.19. The van der Waals surface area contributed by atoms with Gasteiger partial charge in [0.25, 0.3) is 0 Å². The maximum Gasteiger partial charge on any atom is 0.220 e. The average Bonchev–Trinajstić information content (AvgIpc) is 2.34. The van der Waals surface area contributed by atoms with Crippen LogP contribution in [0.1, 0.15) is 38.4 Å². The predicted octanol–water partition coefficient (Wildman–Crippen LogP) is 2.86. The molecule has 3 nitrogen and oxygen atoms in total. The van der Waals surface area contributed by atoms with Crippen molar-refractivity contribution in [3.8, 4) is 0 Å². The van der Waals surface area contributed by atoms with Crippen LogP contribution in [0.15, 0.2) is 37.1 Å². The maximum absolute atomic E-state index is 11.7. The van der Waals surface area contributed by atoms with Crippen LogP contribution in [-0.2, 0) is 4.79 Å². The normalized spacial score (nSPS) is 12.2. The van der Waals surface area contributed by atoms with Gasteiger partial charge in [-0.3, -0.25) is 9.78 Å². The minimum absolute atomic E-state index is 0.0199. The number of allylic oxidation sites excluding steroid dienone is 1. The van der Waals surface area contributed by atoms with E-state index in [9.17, 15) is 4.79 Å². The van der Waals surface area contributed by atoms with Crippen molar-refractivity contribution in [1.82, 2.24) is 10.3 Å². The topological polar surface area (TPSA) is 42.0 Å². The summed E-state index contributed by atoms with van der Waals surface area (Å²) in [6, 6.07) is 5.74. The number of amides is 1. The molecule has 0 spiro atoms. The van der Waals surface area contributed by atoms with Gasteiger partial charge in [-0.05, 0) is 24.5 Å². The monoisotopic (exact) mass is 232 g/mol. The Labute approximate surface area is 103 Å². The number of carbonyl (C=O) groups is 1. The third-order valence-corrected chi connectivity index (χ3v) is 2.57. The molecule has 0 radical (unpaired) electrons. The molecule has 92 valence electrons. The number of nitrogens with zero attached hydrogens (tertiary/aromatic N) is 1. The van der Waals surface area contributed by atoms with Crippen molar-refractivity contribution in [2.45, 2.75) is 32.7 Å². The molecule has 0 aliphatic rings. The lowest BCUT2D eigenvalue weighted by atomic mass is 10.00. The first-order valence-electron chi connectivity index (χ1n) is 5.96. The van der Waals surface area contributed by atoms with Gasteiger partial charge in [0.1, 0.15) is 0 Å². The maximum atomic E-state index is 11.7. The van der Waals surface area contributed by atoms with Crippen molar-refractivity contribution in [3.05, 3.63) is 42.7 Å².